The third-order valence-electron chi connectivity index (χ3n) is 4.28. The molecule has 0 saturated heterocycles. The second-order valence-electron chi connectivity index (χ2n) is 5.88. The van der Waals surface area contributed by atoms with Gasteiger partial charge < -0.3 is 4.90 Å². The molecule has 2 aromatic carbocycles. The van der Waals surface area contributed by atoms with Crippen LogP contribution in [0.5, 0.6) is 0 Å². The van der Waals surface area contributed by atoms with Gasteiger partial charge in [0.2, 0.25) is 0 Å². The summed E-state index contributed by atoms with van der Waals surface area (Å²) in [5.41, 5.74) is 4.15. The molecule has 2 aliphatic heterocycles. The maximum Gasteiger partial charge on any atom is 0.133 e. The molecule has 24 heavy (non-hydrogen) atoms. The molecule has 0 fully saturated rings. The fraction of sp³-hybridized carbons (Fsp3) is 0.111. The van der Waals surface area contributed by atoms with Crippen LogP contribution in [0, 0.1) is 11.6 Å². The van der Waals surface area contributed by atoms with Crippen molar-refractivity contribution in [2.75, 3.05) is 11.6 Å². The molecule has 4 rings (SSSR count). The largest absolute Gasteiger partial charge is 0.362 e. The highest BCUT2D eigenvalue weighted by molar-refractivity contribution is 9.10. The molecule has 0 aliphatic carbocycles. The Bertz CT molecular complexity index is 892. The first-order chi connectivity index (χ1) is 11.5. The Labute approximate surface area is 146 Å². The fourth-order valence-electron chi connectivity index (χ4n) is 3.14. The van der Waals surface area contributed by atoms with Gasteiger partial charge in [0.15, 0.2) is 0 Å². The van der Waals surface area contributed by atoms with Crippen LogP contribution in [0.4, 0.5) is 14.5 Å². The van der Waals surface area contributed by atoms with Gasteiger partial charge in [-0.05, 0) is 47.5 Å². The monoisotopic (exact) mass is 389 g/mol. The van der Waals surface area contributed by atoms with Crippen molar-refractivity contribution >= 4 is 27.2 Å². The van der Waals surface area contributed by atoms with Crippen LogP contribution in [0.2, 0.25) is 0 Å². The summed E-state index contributed by atoms with van der Waals surface area (Å²) in [6.07, 6.45) is 3.73. The molecule has 6 heteroatoms. The highest BCUT2D eigenvalue weighted by Gasteiger charge is 2.26. The van der Waals surface area contributed by atoms with Crippen molar-refractivity contribution in [1.29, 1.82) is 0 Å². The normalized spacial score (nSPS) is 16.3. The van der Waals surface area contributed by atoms with E-state index >= 15 is 0 Å². The maximum atomic E-state index is 14.1. The summed E-state index contributed by atoms with van der Waals surface area (Å²) in [7, 11) is 0. The topological polar surface area (TPSA) is 32.5 Å². The predicted octanol–water partition coefficient (Wildman–Crippen LogP) is 4.16. The van der Waals surface area contributed by atoms with E-state index in [-0.39, 0.29) is 0 Å². The summed E-state index contributed by atoms with van der Waals surface area (Å²) in [4.78, 5) is 2.12. The summed E-state index contributed by atoms with van der Waals surface area (Å²) >= 11 is 3.48. The molecule has 0 saturated carbocycles. The van der Waals surface area contributed by atoms with E-state index in [0.717, 1.165) is 33.1 Å². The Hall–Kier alpha value is -2.18. The van der Waals surface area contributed by atoms with Gasteiger partial charge in [0.05, 0.1) is 11.4 Å². The number of hydrogen-bond acceptors (Lipinski definition) is 3. The zero-order valence-electron chi connectivity index (χ0n) is 12.6. The molecule has 2 N–H and O–H groups in total. The van der Waals surface area contributed by atoms with Crippen LogP contribution < -0.4 is 10.9 Å². The Morgan fingerprint density at radius 1 is 1.04 bits per heavy atom. The zero-order valence-corrected chi connectivity index (χ0v) is 14.2. The lowest BCUT2D eigenvalue weighted by Crippen LogP contribution is -2.25. The van der Waals surface area contributed by atoms with Gasteiger partial charge in [0.1, 0.15) is 11.6 Å². The minimum Gasteiger partial charge on any atom is -0.362 e. The smallest absolute Gasteiger partial charge is 0.133 e. The summed E-state index contributed by atoms with van der Waals surface area (Å²) in [5, 5.41) is 1.58. The number of hydrogen-bond donors (Lipinski definition) is 1. The van der Waals surface area contributed by atoms with Crippen LogP contribution in [0.15, 0.2) is 58.8 Å². The average molecular weight is 390 g/mol. The maximum absolute atomic E-state index is 14.1. The number of rotatable bonds is 1. The summed E-state index contributed by atoms with van der Waals surface area (Å²) in [5.74, 6) is 5.03. The van der Waals surface area contributed by atoms with Gasteiger partial charge in [-0.2, -0.15) is 0 Å². The molecule has 2 aromatic rings. The van der Waals surface area contributed by atoms with Crippen molar-refractivity contribution in [3.05, 3.63) is 81.6 Å². The fourth-order valence-corrected chi connectivity index (χ4v) is 3.55. The van der Waals surface area contributed by atoms with E-state index in [1.54, 1.807) is 5.01 Å². The lowest BCUT2D eigenvalue weighted by molar-refractivity contribution is 0.406. The first kappa shape index (κ1) is 15.4. The van der Waals surface area contributed by atoms with Crippen molar-refractivity contribution in [2.45, 2.75) is 6.54 Å². The molecular weight excluding hydrogens is 376 g/mol. The van der Waals surface area contributed by atoms with Crippen LogP contribution in [-0.4, -0.2) is 11.4 Å². The van der Waals surface area contributed by atoms with E-state index in [9.17, 15) is 8.78 Å². The predicted molar refractivity (Wildman–Crippen MR) is 93.6 cm³/mol. The zero-order chi connectivity index (χ0) is 16.8. The molecule has 0 spiro atoms. The Kier molecular flexibility index (Phi) is 3.66. The van der Waals surface area contributed by atoms with Crippen molar-refractivity contribution in [2.24, 2.45) is 5.84 Å². The lowest BCUT2D eigenvalue weighted by Gasteiger charge is -2.19. The van der Waals surface area contributed by atoms with Gasteiger partial charge in [0, 0.05) is 35.4 Å². The van der Waals surface area contributed by atoms with Crippen molar-refractivity contribution in [3.8, 4) is 0 Å². The van der Waals surface area contributed by atoms with Gasteiger partial charge in [-0.15, -0.1) is 0 Å². The highest BCUT2D eigenvalue weighted by Crippen LogP contribution is 2.35. The third-order valence-corrected chi connectivity index (χ3v) is 4.77. The molecule has 2 aliphatic rings. The van der Waals surface area contributed by atoms with Crippen LogP contribution >= 0.6 is 15.9 Å². The second-order valence-corrected chi connectivity index (χ2v) is 6.80. The SMILES string of the molecule is NN1C=C2C=C(c3ccc(F)cc3F)CN2Cc2cc(Br)ccc21. The minimum absolute atomic E-state index is 0.420. The van der Waals surface area contributed by atoms with E-state index in [1.165, 1.54) is 12.1 Å². The van der Waals surface area contributed by atoms with E-state index in [4.69, 9.17) is 5.84 Å². The van der Waals surface area contributed by atoms with Crippen molar-refractivity contribution < 1.29 is 8.78 Å². The van der Waals surface area contributed by atoms with Crippen LogP contribution in [0.3, 0.4) is 0 Å². The summed E-state index contributed by atoms with van der Waals surface area (Å²) in [6, 6.07) is 9.61. The standard InChI is InChI=1S/C18H14BrF2N3/c19-13-1-4-18-12(5-13)9-23-8-11(6-15(23)10-24(18)22)16-3-2-14(20)7-17(16)21/h1-7,10H,8-9,22H2. The van der Waals surface area contributed by atoms with Crippen LogP contribution in [-0.2, 0) is 6.54 Å². The number of anilines is 1. The number of nitrogens with zero attached hydrogens (tertiary/aromatic N) is 2. The van der Waals surface area contributed by atoms with Gasteiger partial charge >= 0.3 is 0 Å². The molecule has 0 bridgehead atoms. The van der Waals surface area contributed by atoms with Crippen molar-refractivity contribution in [1.82, 2.24) is 4.90 Å². The number of benzene rings is 2. The Balaban J connectivity index is 1.72. The molecule has 122 valence electrons. The minimum atomic E-state index is -0.574. The van der Waals surface area contributed by atoms with Crippen molar-refractivity contribution in [3.63, 3.8) is 0 Å². The van der Waals surface area contributed by atoms with Gasteiger partial charge in [-0.25, -0.2) is 14.6 Å². The first-order valence-corrected chi connectivity index (χ1v) is 8.26. The summed E-state index contributed by atoms with van der Waals surface area (Å²) in [6.45, 7) is 1.21. The van der Waals surface area contributed by atoms with E-state index in [1.807, 2.05) is 30.5 Å². The molecule has 0 radical (unpaired) electrons. The quantitative estimate of drug-likeness (QED) is 0.743. The molecule has 0 atom stereocenters. The number of nitrogens with two attached hydrogens (primary N) is 1. The molecular formula is C18H14BrF2N3. The Morgan fingerprint density at radius 2 is 1.88 bits per heavy atom. The van der Waals surface area contributed by atoms with Crippen LogP contribution in [0.1, 0.15) is 11.1 Å². The van der Waals surface area contributed by atoms with E-state index in [2.05, 4.69) is 20.8 Å². The second kappa shape index (κ2) is 5.72. The first-order valence-electron chi connectivity index (χ1n) is 7.46. The van der Waals surface area contributed by atoms with Gasteiger partial charge in [-0.3, -0.25) is 5.01 Å². The molecule has 0 aromatic heterocycles. The van der Waals surface area contributed by atoms with E-state index < -0.39 is 11.6 Å². The average Bonchev–Trinajstić information content (AvgIpc) is 2.84. The number of hydrazine groups is 1. The van der Waals surface area contributed by atoms with Gasteiger partial charge in [0.25, 0.3) is 0 Å². The molecule has 3 nitrogen and oxygen atoms in total. The highest BCUT2D eigenvalue weighted by atomic mass is 79.9. The number of halogens is 3. The molecule has 0 unspecified atom stereocenters. The summed E-state index contributed by atoms with van der Waals surface area (Å²) < 4.78 is 28.2. The lowest BCUT2D eigenvalue weighted by atomic mass is 10.1. The van der Waals surface area contributed by atoms with Gasteiger partial charge in [-0.1, -0.05) is 15.9 Å². The number of fused-ring (bicyclic) bond motifs is 2. The Morgan fingerprint density at radius 3 is 2.67 bits per heavy atom. The molecule has 2 heterocycles. The van der Waals surface area contributed by atoms with Crippen LogP contribution in [0.25, 0.3) is 5.57 Å². The number of allylic oxidation sites excluding steroid dienone is 1. The third kappa shape index (κ3) is 2.61. The molecule has 0 amide bonds. The van der Waals surface area contributed by atoms with E-state index in [0.29, 0.717) is 18.7 Å².